The molecule has 32 heavy (non-hydrogen) atoms. The normalized spacial score (nSPS) is 22.6. The van der Waals surface area contributed by atoms with Crippen LogP contribution in [0.25, 0.3) is 0 Å². The summed E-state index contributed by atoms with van der Waals surface area (Å²) in [6.07, 6.45) is 2.04. The van der Waals surface area contributed by atoms with Crippen LogP contribution < -0.4 is 0 Å². The van der Waals surface area contributed by atoms with Gasteiger partial charge < -0.3 is 0 Å². The van der Waals surface area contributed by atoms with E-state index in [1.807, 2.05) is 0 Å². The molecular formula is C23H22BrN3O5. The number of halogens is 1. The quantitative estimate of drug-likeness (QED) is 0.346. The third-order valence-electron chi connectivity index (χ3n) is 6.22. The van der Waals surface area contributed by atoms with Crippen LogP contribution in [0.15, 0.2) is 53.0 Å². The summed E-state index contributed by atoms with van der Waals surface area (Å²) in [6, 6.07) is 12.7. The number of rotatable bonds is 5. The fourth-order valence-corrected chi connectivity index (χ4v) is 4.82. The van der Waals surface area contributed by atoms with Crippen LogP contribution in [0.1, 0.15) is 42.1 Å². The van der Waals surface area contributed by atoms with Gasteiger partial charge in [-0.2, -0.15) is 5.01 Å². The van der Waals surface area contributed by atoms with Gasteiger partial charge in [-0.15, -0.1) is 0 Å². The summed E-state index contributed by atoms with van der Waals surface area (Å²) in [6.45, 7) is 1.99. The molecule has 0 spiro atoms. The Morgan fingerprint density at radius 1 is 1.09 bits per heavy atom. The summed E-state index contributed by atoms with van der Waals surface area (Å²) >= 11 is 3.36. The molecule has 0 aromatic heterocycles. The second kappa shape index (κ2) is 8.82. The van der Waals surface area contributed by atoms with Gasteiger partial charge in [-0.1, -0.05) is 47.1 Å². The van der Waals surface area contributed by atoms with Crippen LogP contribution in [-0.4, -0.2) is 32.7 Å². The van der Waals surface area contributed by atoms with E-state index in [4.69, 9.17) is 0 Å². The first-order chi connectivity index (χ1) is 15.3. The maximum Gasteiger partial charge on any atom is 0.282 e. The van der Waals surface area contributed by atoms with Crippen molar-refractivity contribution < 1.29 is 19.3 Å². The number of amides is 3. The number of hydrazine groups is 1. The Hall–Kier alpha value is -3.07. The second-order valence-electron chi connectivity index (χ2n) is 8.38. The van der Waals surface area contributed by atoms with E-state index in [2.05, 4.69) is 22.9 Å². The molecule has 2 aromatic rings. The second-order valence-corrected chi connectivity index (χ2v) is 9.30. The highest BCUT2D eigenvalue weighted by atomic mass is 79.9. The molecule has 9 heteroatoms. The molecule has 1 aliphatic carbocycles. The molecule has 8 nitrogen and oxygen atoms in total. The van der Waals surface area contributed by atoms with Gasteiger partial charge in [0.25, 0.3) is 23.4 Å². The largest absolute Gasteiger partial charge is 0.282 e. The van der Waals surface area contributed by atoms with Crippen LogP contribution in [0.2, 0.25) is 0 Å². The Morgan fingerprint density at radius 2 is 1.75 bits per heavy atom. The molecule has 3 atom stereocenters. The number of para-hydroxylation sites is 1. The summed E-state index contributed by atoms with van der Waals surface area (Å²) in [5.41, 5.74) is 0.144. The summed E-state index contributed by atoms with van der Waals surface area (Å²) in [7, 11) is 0. The van der Waals surface area contributed by atoms with Crippen LogP contribution in [0, 0.1) is 27.9 Å². The van der Waals surface area contributed by atoms with Crippen molar-refractivity contribution in [2.75, 3.05) is 0 Å². The molecule has 3 amide bonds. The summed E-state index contributed by atoms with van der Waals surface area (Å²) in [5, 5.41) is 13.5. The van der Waals surface area contributed by atoms with Crippen molar-refractivity contribution in [3.8, 4) is 0 Å². The highest BCUT2D eigenvalue weighted by Gasteiger charge is 2.52. The molecule has 4 rings (SSSR count). The van der Waals surface area contributed by atoms with Crippen molar-refractivity contribution in [2.24, 2.45) is 17.8 Å². The van der Waals surface area contributed by atoms with Crippen molar-refractivity contribution in [1.29, 1.82) is 0 Å². The highest BCUT2D eigenvalue weighted by molar-refractivity contribution is 9.10. The number of nitrogens with zero attached hydrogens (tertiary/aromatic N) is 3. The summed E-state index contributed by atoms with van der Waals surface area (Å²) in [4.78, 5) is 51.0. The van der Waals surface area contributed by atoms with E-state index in [1.54, 1.807) is 24.3 Å². The lowest BCUT2D eigenvalue weighted by Crippen LogP contribution is -2.50. The van der Waals surface area contributed by atoms with E-state index in [-0.39, 0.29) is 17.8 Å². The molecule has 2 fully saturated rings. The molecule has 0 radical (unpaired) electrons. The summed E-state index contributed by atoms with van der Waals surface area (Å²) < 4.78 is 0.839. The van der Waals surface area contributed by atoms with E-state index >= 15 is 0 Å². The van der Waals surface area contributed by atoms with Crippen LogP contribution in [0.3, 0.4) is 0 Å². The predicted octanol–water partition coefficient (Wildman–Crippen LogP) is 4.34. The third kappa shape index (κ3) is 4.04. The minimum atomic E-state index is -0.756. The third-order valence-corrected chi connectivity index (χ3v) is 6.75. The van der Waals surface area contributed by atoms with E-state index in [1.165, 1.54) is 24.3 Å². The van der Waals surface area contributed by atoms with Gasteiger partial charge in [-0.25, -0.2) is 5.01 Å². The maximum atomic E-state index is 13.6. The zero-order chi connectivity index (χ0) is 23.0. The number of imide groups is 1. The molecule has 1 saturated heterocycles. The summed E-state index contributed by atoms with van der Waals surface area (Å²) in [5.74, 6) is -2.17. The molecule has 0 bridgehead atoms. The minimum Gasteiger partial charge on any atom is -0.272 e. The van der Waals surface area contributed by atoms with Gasteiger partial charge in [0.1, 0.15) is 5.56 Å². The van der Waals surface area contributed by atoms with Crippen LogP contribution in [-0.2, 0) is 16.1 Å². The van der Waals surface area contributed by atoms with Crippen LogP contribution in [0.5, 0.6) is 0 Å². The molecule has 1 aliphatic heterocycles. The van der Waals surface area contributed by atoms with E-state index < -0.39 is 34.5 Å². The molecule has 1 heterocycles. The smallest absolute Gasteiger partial charge is 0.272 e. The predicted molar refractivity (Wildman–Crippen MR) is 119 cm³/mol. The Kier molecular flexibility index (Phi) is 6.10. The first kappa shape index (κ1) is 22.1. The van der Waals surface area contributed by atoms with E-state index in [0.29, 0.717) is 24.3 Å². The number of benzene rings is 2. The van der Waals surface area contributed by atoms with Gasteiger partial charge in [-0.05, 0) is 48.9 Å². The van der Waals surface area contributed by atoms with Gasteiger partial charge in [-0.3, -0.25) is 24.5 Å². The Morgan fingerprint density at radius 3 is 2.44 bits per heavy atom. The first-order valence-electron chi connectivity index (χ1n) is 10.5. The lowest BCUT2D eigenvalue weighted by atomic mass is 9.76. The molecule has 1 saturated carbocycles. The highest BCUT2D eigenvalue weighted by Crippen LogP contribution is 2.41. The topological polar surface area (TPSA) is 101 Å². The lowest BCUT2D eigenvalue weighted by molar-refractivity contribution is -0.385. The van der Waals surface area contributed by atoms with Crippen LogP contribution >= 0.6 is 15.9 Å². The lowest BCUT2D eigenvalue weighted by Gasteiger charge is -2.30. The monoisotopic (exact) mass is 499 g/mol. The Bertz CT molecular complexity index is 1090. The Balaban J connectivity index is 1.75. The SMILES string of the molecule is C[C@@H]1CC[C@@H]2C(=O)N(N(Cc3ccc(Br)cc3)C(=O)c3ccccc3[N+](=O)[O-])C(=O)[C@H]2C1. The van der Waals surface area contributed by atoms with Gasteiger partial charge in [0.05, 0.1) is 23.3 Å². The Labute approximate surface area is 193 Å². The molecule has 2 aromatic carbocycles. The average Bonchev–Trinajstić information content (AvgIpc) is 3.02. The number of hydrogen-bond donors (Lipinski definition) is 0. The van der Waals surface area contributed by atoms with Crippen molar-refractivity contribution in [2.45, 2.75) is 32.7 Å². The van der Waals surface area contributed by atoms with E-state index in [0.717, 1.165) is 20.9 Å². The first-order valence-corrected chi connectivity index (χ1v) is 11.2. The van der Waals surface area contributed by atoms with Gasteiger partial charge in [0.2, 0.25) is 0 Å². The molecular weight excluding hydrogens is 478 g/mol. The van der Waals surface area contributed by atoms with Crippen molar-refractivity contribution in [1.82, 2.24) is 10.0 Å². The van der Waals surface area contributed by atoms with E-state index in [9.17, 15) is 24.5 Å². The zero-order valence-electron chi connectivity index (χ0n) is 17.4. The van der Waals surface area contributed by atoms with Crippen molar-refractivity contribution in [3.05, 3.63) is 74.2 Å². The number of nitro benzene ring substituents is 1. The van der Waals surface area contributed by atoms with Crippen molar-refractivity contribution >= 4 is 39.3 Å². The average molecular weight is 500 g/mol. The van der Waals surface area contributed by atoms with Gasteiger partial charge >= 0.3 is 0 Å². The minimum absolute atomic E-state index is 0.0648. The number of hydrogen-bond acceptors (Lipinski definition) is 5. The van der Waals surface area contributed by atoms with Crippen molar-refractivity contribution in [3.63, 3.8) is 0 Å². The zero-order valence-corrected chi connectivity index (χ0v) is 19.0. The fourth-order valence-electron chi connectivity index (χ4n) is 4.56. The van der Waals surface area contributed by atoms with Gasteiger partial charge in [0, 0.05) is 10.5 Å². The number of fused-ring (bicyclic) bond motifs is 1. The molecule has 0 unspecified atom stereocenters. The fraction of sp³-hybridized carbons (Fsp3) is 0.348. The number of carbonyl (C=O) groups excluding carboxylic acids is 3. The molecule has 2 aliphatic rings. The number of nitro groups is 1. The number of carbonyl (C=O) groups is 3. The standard InChI is InChI=1S/C23H22BrN3O5/c1-14-6-11-17-19(12-14)23(30)26(22(17)29)25(13-15-7-9-16(24)10-8-15)21(28)18-4-2-3-5-20(18)27(31)32/h2-5,7-10,14,17,19H,6,11-13H2,1H3/t14-,17+,19+/m1/s1. The maximum absolute atomic E-state index is 13.6. The molecule has 0 N–H and O–H groups in total. The van der Waals surface area contributed by atoms with Crippen LogP contribution in [0.4, 0.5) is 5.69 Å². The molecule has 166 valence electrons. The van der Waals surface area contributed by atoms with Gasteiger partial charge in [0.15, 0.2) is 0 Å².